The summed E-state index contributed by atoms with van der Waals surface area (Å²) in [6.45, 7) is 1.51. The Kier molecular flexibility index (Phi) is 5.00. The van der Waals surface area contributed by atoms with Gasteiger partial charge in [-0.2, -0.15) is 0 Å². The van der Waals surface area contributed by atoms with Crippen molar-refractivity contribution in [3.05, 3.63) is 65.4 Å². The van der Waals surface area contributed by atoms with Gasteiger partial charge in [0.1, 0.15) is 5.69 Å². The van der Waals surface area contributed by atoms with Gasteiger partial charge in [-0.25, -0.2) is 4.39 Å². The maximum Gasteiger partial charge on any atom is 0.267 e. The molecule has 3 rings (SSSR count). The summed E-state index contributed by atoms with van der Waals surface area (Å²) in [5.74, 6) is -0.850. The lowest BCUT2D eigenvalue weighted by Gasteiger charge is -2.13. The van der Waals surface area contributed by atoms with Crippen LogP contribution in [0.4, 0.5) is 10.3 Å². The monoisotopic (exact) mass is 360 g/mol. The molecule has 0 bridgehead atoms. The van der Waals surface area contributed by atoms with E-state index in [1.54, 1.807) is 42.5 Å². The van der Waals surface area contributed by atoms with Gasteiger partial charge in [0.15, 0.2) is 17.7 Å². The fourth-order valence-electron chi connectivity index (χ4n) is 2.10. The Bertz CT molecular complexity index is 880. The molecule has 1 N–H and O–H groups in total. The highest BCUT2D eigenvalue weighted by Crippen LogP contribution is 2.24. The summed E-state index contributed by atoms with van der Waals surface area (Å²) in [6, 6.07) is 14.5. The maximum atomic E-state index is 13.6. The number of hydrogen-bond acceptors (Lipinski definition) is 4. The normalized spacial score (nSPS) is 11.8. The van der Waals surface area contributed by atoms with Gasteiger partial charge in [-0.1, -0.05) is 41.0 Å². The Morgan fingerprint density at radius 3 is 2.68 bits per heavy atom. The lowest BCUT2D eigenvalue weighted by molar-refractivity contribution is -0.122. The third-order valence-electron chi connectivity index (χ3n) is 3.41. The van der Waals surface area contributed by atoms with Crippen molar-refractivity contribution in [3.8, 4) is 17.0 Å². The van der Waals surface area contributed by atoms with Crippen LogP contribution in [0.3, 0.4) is 0 Å². The predicted molar refractivity (Wildman–Crippen MR) is 92.1 cm³/mol. The largest absolute Gasteiger partial charge is 0.478 e. The van der Waals surface area contributed by atoms with Gasteiger partial charge in [-0.3, -0.25) is 10.1 Å². The Morgan fingerprint density at radius 1 is 1.24 bits per heavy atom. The van der Waals surface area contributed by atoms with Gasteiger partial charge in [0.25, 0.3) is 5.91 Å². The molecule has 7 heteroatoms. The minimum Gasteiger partial charge on any atom is -0.478 e. The predicted octanol–water partition coefficient (Wildman–Crippen LogP) is 4.54. The van der Waals surface area contributed by atoms with E-state index in [4.69, 9.17) is 20.9 Å². The molecule has 0 saturated heterocycles. The Labute approximate surface area is 148 Å². The highest BCUT2D eigenvalue weighted by atomic mass is 35.5. The highest BCUT2D eigenvalue weighted by molar-refractivity contribution is 6.30. The van der Waals surface area contributed by atoms with Gasteiger partial charge in [-0.15, -0.1) is 0 Å². The third kappa shape index (κ3) is 4.16. The molecule has 128 valence electrons. The van der Waals surface area contributed by atoms with E-state index in [1.807, 2.05) is 0 Å². The summed E-state index contributed by atoms with van der Waals surface area (Å²) in [5, 5.41) is 7.05. The summed E-state index contributed by atoms with van der Waals surface area (Å²) >= 11 is 5.84. The summed E-state index contributed by atoms with van der Waals surface area (Å²) < 4.78 is 24.0. The number of para-hydroxylation sites is 1. The molecular formula is C18H14ClFN2O3. The first-order valence-electron chi connectivity index (χ1n) is 7.47. The van der Waals surface area contributed by atoms with Crippen LogP contribution in [0.5, 0.6) is 5.75 Å². The minimum absolute atomic E-state index is 0.00423. The number of anilines is 1. The number of carbonyl (C=O) groups is 1. The van der Waals surface area contributed by atoms with Crippen molar-refractivity contribution in [2.24, 2.45) is 0 Å². The number of hydrogen-bond donors (Lipinski definition) is 1. The van der Waals surface area contributed by atoms with E-state index < -0.39 is 17.8 Å². The van der Waals surface area contributed by atoms with Crippen LogP contribution >= 0.6 is 11.6 Å². The zero-order valence-electron chi connectivity index (χ0n) is 13.2. The Balaban J connectivity index is 1.65. The zero-order chi connectivity index (χ0) is 17.8. The standard InChI is InChI=1S/C18H14ClFN2O3/c1-11(24-16-5-3-2-4-14(16)20)18(23)21-17-10-15(22-25-17)12-6-8-13(19)9-7-12/h2-11H,1H3,(H,21,23). The molecule has 0 aliphatic heterocycles. The van der Waals surface area contributed by atoms with E-state index in [9.17, 15) is 9.18 Å². The fourth-order valence-corrected chi connectivity index (χ4v) is 2.22. The second kappa shape index (κ2) is 7.36. The number of halogens is 2. The molecule has 5 nitrogen and oxygen atoms in total. The molecule has 3 aromatic rings. The highest BCUT2D eigenvalue weighted by Gasteiger charge is 2.18. The number of rotatable bonds is 5. The lowest BCUT2D eigenvalue weighted by Crippen LogP contribution is -2.30. The quantitative estimate of drug-likeness (QED) is 0.725. The average Bonchev–Trinajstić information content (AvgIpc) is 3.06. The molecule has 25 heavy (non-hydrogen) atoms. The molecule has 0 fully saturated rings. The van der Waals surface area contributed by atoms with Gasteiger partial charge in [-0.05, 0) is 31.2 Å². The van der Waals surface area contributed by atoms with Crippen LogP contribution in [0.2, 0.25) is 5.02 Å². The van der Waals surface area contributed by atoms with Crippen molar-refractivity contribution in [1.82, 2.24) is 5.16 Å². The smallest absolute Gasteiger partial charge is 0.267 e. The minimum atomic E-state index is -0.916. The SMILES string of the molecule is CC(Oc1ccccc1F)C(=O)Nc1cc(-c2ccc(Cl)cc2)no1. The summed E-state index contributed by atoms with van der Waals surface area (Å²) in [7, 11) is 0. The molecule has 1 aromatic heterocycles. The van der Waals surface area contributed by atoms with Crippen molar-refractivity contribution in [2.75, 3.05) is 5.32 Å². The molecule has 1 heterocycles. The van der Waals surface area contributed by atoms with E-state index in [0.717, 1.165) is 5.56 Å². The van der Waals surface area contributed by atoms with Crippen LogP contribution in [-0.4, -0.2) is 17.2 Å². The van der Waals surface area contributed by atoms with Gasteiger partial charge in [0.05, 0.1) is 0 Å². The summed E-state index contributed by atoms with van der Waals surface area (Å²) in [4.78, 5) is 12.2. The Hall–Kier alpha value is -2.86. The van der Waals surface area contributed by atoms with Crippen LogP contribution in [-0.2, 0) is 4.79 Å². The van der Waals surface area contributed by atoms with Gasteiger partial charge < -0.3 is 9.26 Å². The first-order valence-corrected chi connectivity index (χ1v) is 7.85. The number of amides is 1. The molecule has 0 radical (unpaired) electrons. The summed E-state index contributed by atoms with van der Waals surface area (Å²) in [6.07, 6.45) is -0.916. The third-order valence-corrected chi connectivity index (χ3v) is 3.66. The van der Waals surface area contributed by atoms with Gasteiger partial charge in [0, 0.05) is 16.7 Å². The summed E-state index contributed by atoms with van der Waals surface area (Å²) in [5.41, 5.74) is 1.35. The van der Waals surface area contributed by atoms with Crippen molar-refractivity contribution < 1.29 is 18.4 Å². The van der Waals surface area contributed by atoms with Crippen LogP contribution < -0.4 is 10.1 Å². The van der Waals surface area contributed by atoms with Crippen LogP contribution in [0.25, 0.3) is 11.3 Å². The van der Waals surface area contributed by atoms with Crippen molar-refractivity contribution in [1.29, 1.82) is 0 Å². The van der Waals surface area contributed by atoms with Crippen LogP contribution in [0.1, 0.15) is 6.92 Å². The molecule has 0 aliphatic rings. The first kappa shape index (κ1) is 17.0. The second-order valence-corrected chi connectivity index (χ2v) is 5.70. The second-order valence-electron chi connectivity index (χ2n) is 5.26. The average molecular weight is 361 g/mol. The molecule has 1 unspecified atom stereocenters. The fraction of sp³-hybridized carbons (Fsp3) is 0.111. The van der Waals surface area contributed by atoms with Gasteiger partial charge >= 0.3 is 0 Å². The van der Waals surface area contributed by atoms with Crippen LogP contribution in [0, 0.1) is 5.82 Å². The van der Waals surface area contributed by atoms with E-state index in [-0.39, 0.29) is 11.6 Å². The van der Waals surface area contributed by atoms with E-state index in [1.165, 1.54) is 19.1 Å². The molecule has 0 spiro atoms. The number of nitrogens with zero attached hydrogens (tertiary/aromatic N) is 1. The lowest BCUT2D eigenvalue weighted by atomic mass is 10.1. The van der Waals surface area contributed by atoms with E-state index in [0.29, 0.717) is 10.7 Å². The molecule has 2 aromatic carbocycles. The first-order chi connectivity index (χ1) is 12.0. The molecule has 0 aliphatic carbocycles. The molecular weight excluding hydrogens is 347 g/mol. The van der Waals surface area contributed by atoms with Crippen molar-refractivity contribution in [3.63, 3.8) is 0 Å². The van der Waals surface area contributed by atoms with E-state index >= 15 is 0 Å². The van der Waals surface area contributed by atoms with Crippen LogP contribution in [0.15, 0.2) is 59.1 Å². The number of nitrogens with one attached hydrogen (secondary N) is 1. The van der Waals surface area contributed by atoms with E-state index in [2.05, 4.69) is 10.5 Å². The maximum absolute atomic E-state index is 13.6. The van der Waals surface area contributed by atoms with Crippen molar-refractivity contribution in [2.45, 2.75) is 13.0 Å². The number of aromatic nitrogens is 1. The number of carbonyl (C=O) groups excluding carboxylic acids is 1. The molecule has 1 atom stereocenters. The zero-order valence-corrected chi connectivity index (χ0v) is 14.0. The molecule has 0 saturated carbocycles. The van der Waals surface area contributed by atoms with Gasteiger partial charge in [0.2, 0.25) is 5.88 Å². The molecule has 1 amide bonds. The Morgan fingerprint density at radius 2 is 1.96 bits per heavy atom. The van der Waals surface area contributed by atoms with Crippen molar-refractivity contribution >= 4 is 23.4 Å². The number of benzene rings is 2. The number of ether oxygens (including phenoxy) is 1. The topological polar surface area (TPSA) is 64.4 Å².